The van der Waals surface area contributed by atoms with Crippen molar-refractivity contribution in [1.29, 1.82) is 0 Å². The number of aromatic nitrogens is 4. The number of imidazole rings is 1. The van der Waals surface area contributed by atoms with E-state index in [1.807, 2.05) is 6.07 Å². The van der Waals surface area contributed by atoms with Crippen molar-refractivity contribution in [3.05, 3.63) is 90.4 Å². The van der Waals surface area contributed by atoms with Gasteiger partial charge in [-0.1, -0.05) is 23.4 Å². The first-order chi connectivity index (χ1) is 18.4. The molecule has 190 valence electrons. The first-order valence-corrected chi connectivity index (χ1v) is 11.7. The number of carbonyl (C=O) groups is 3. The number of nitrogens with zero attached hydrogens (tertiary/aromatic N) is 5. The van der Waals surface area contributed by atoms with E-state index in [4.69, 9.17) is 10.3 Å². The number of hydrogen-bond donors (Lipinski definition) is 2. The lowest BCUT2D eigenvalue weighted by Crippen LogP contribution is -2.26. The van der Waals surface area contributed by atoms with Crippen LogP contribution >= 0.6 is 0 Å². The molecular formula is C27H23N7O4. The molecule has 2 aromatic carbocycles. The molecule has 3 heterocycles. The van der Waals surface area contributed by atoms with Gasteiger partial charge in [0.05, 0.1) is 11.0 Å². The summed E-state index contributed by atoms with van der Waals surface area (Å²) in [5.41, 5.74) is 8.94. The van der Waals surface area contributed by atoms with Gasteiger partial charge in [0.15, 0.2) is 0 Å². The van der Waals surface area contributed by atoms with E-state index < -0.39 is 11.8 Å². The lowest BCUT2D eigenvalue weighted by Gasteiger charge is -2.17. The summed E-state index contributed by atoms with van der Waals surface area (Å²) in [4.78, 5) is 47.5. The van der Waals surface area contributed by atoms with Gasteiger partial charge in [0.25, 0.3) is 11.8 Å². The van der Waals surface area contributed by atoms with Crippen LogP contribution in [0.25, 0.3) is 22.3 Å². The van der Waals surface area contributed by atoms with E-state index in [0.717, 1.165) is 5.56 Å². The van der Waals surface area contributed by atoms with Gasteiger partial charge in [-0.3, -0.25) is 24.7 Å². The van der Waals surface area contributed by atoms with Crippen molar-refractivity contribution >= 4 is 40.4 Å². The smallest absolute Gasteiger partial charge is 0.296 e. The number of rotatable bonds is 8. The second-order valence-corrected chi connectivity index (χ2v) is 8.47. The van der Waals surface area contributed by atoms with E-state index in [9.17, 15) is 14.4 Å². The Bertz CT molecular complexity index is 1630. The molecule has 11 nitrogen and oxygen atoms in total. The Morgan fingerprint density at radius 2 is 1.79 bits per heavy atom. The summed E-state index contributed by atoms with van der Waals surface area (Å²) in [7, 11) is 1.67. The normalized spacial score (nSPS) is 10.9. The molecule has 0 saturated heterocycles. The number of hydrogen-bond acceptors (Lipinski definition) is 7. The van der Waals surface area contributed by atoms with E-state index in [1.54, 1.807) is 78.6 Å². The van der Waals surface area contributed by atoms with Crippen LogP contribution in [0.5, 0.6) is 0 Å². The molecule has 0 fully saturated rings. The zero-order valence-electron chi connectivity index (χ0n) is 20.4. The lowest BCUT2D eigenvalue weighted by molar-refractivity contribution is -0.118. The van der Waals surface area contributed by atoms with Gasteiger partial charge in [0.2, 0.25) is 17.6 Å². The second-order valence-electron chi connectivity index (χ2n) is 8.47. The minimum atomic E-state index is -0.565. The summed E-state index contributed by atoms with van der Waals surface area (Å²) in [5.74, 6) is -1.06. The average molecular weight is 510 g/mol. The van der Waals surface area contributed by atoms with Crippen LogP contribution in [0.2, 0.25) is 0 Å². The lowest BCUT2D eigenvalue weighted by atomic mass is 10.2. The second kappa shape index (κ2) is 10.3. The highest BCUT2D eigenvalue weighted by molar-refractivity contribution is 6.07. The Labute approximate surface area is 216 Å². The molecule has 0 spiro atoms. The van der Waals surface area contributed by atoms with Crippen LogP contribution in [0.1, 0.15) is 27.3 Å². The number of carbonyl (C=O) groups excluding carboxylic acids is 3. The third-order valence-corrected chi connectivity index (χ3v) is 5.96. The monoisotopic (exact) mass is 509 g/mol. The van der Waals surface area contributed by atoms with Crippen molar-refractivity contribution in [2.75, 3.05) is 17.3 Å². The minimum absolute atomic E-state index is 0.0146. The molecule has 0 aliphatic carbocycles. The van der Waals surface area contributed by atoms with E-state index in [1.165, 1.54) is 11.0 Å². The number of primary amides is 1. The minimum Gasteiger partial charge on any atom is -0.370 e. The molecule has 38 heavy (non-hydrogen) atoms. The van der Waals surface area contributed by atoms with Gasteiger partial charge in [-0.2, -0.15) is 0 Å². The van der Waals surface area contributed by atoms with E-state index in [2.05, 4.69) is 20.4 Å². The number of aryl methyl sites for hydroxylation is 1. The van der Waals surface area contributed by atoms with Gasteiger partial charge in [-0.15, -0.1) is 0 Å². The number of nitrogens with two attached hydrogens (primary N) is 1. The van der Waals surface area contributed by atoms with E-state index in [0.29, 0.717) is 28.0 Å². The third kappa shape index (κ3) is 4.98. The standard InChI is InChI=1S/C27H23N7O4/c1-33(26(37)18-5-3-2-4-6-18)19-7-8-22-21(15-19)30-27(34(22)14-11-24(28)35)31-25(36)23-16-20(32-38-23)17-9-12-29-13-10-17/h2-10,12-13,15-16H,11,14H2,1H3,(H2,28,35)(H,30,31,36). The maximum Gasteiger partial charge on any atom is 0.296 e. The quantitative estimate of drug-likeness (QED) is 0.325. The molecule has 0 unspecified atom stereocenters. The van der Waals surface area contributed by atoms with Gasteiger partial charge in [-0.05, 0) is 42.5 Å². The Kier molecular flexibility index (Phi) is 6.64. The summed E-state index contributed by atoms with van der Waals surface area (Å²) in [5, 5.41) is 6.69. The highest BCUT2D eigenvalue weighted by Crippen LogP contribution is 2.27. The maximum absolute atomic E-state index is 13.0. The molecule has 0 atom stereocenters. The topological polar surface area (TPSA) is 149 Å². The largest absolute Gasteiger partial charge is 0.370 e. The zero-order valence-corrected chi connectivity index (χ0v) is 20.4. The van der Waals surface area contributed by atoms with Gasteiger partial charge < -0.3 is 19.7 Å². The van der Waals surface area contributed by atoms with Crippen molar-refractivity contribution < 1.29 is 18.9 Å². The van der Waals surface area contributed by atoms with Crippen LogP contribution in [-0.2, 0) is 11.3 Å². The molecular weight excluding hydrogens is 486 g/mol. The number of amides is 3. The predicted octanol–water partition coefficient (Wildman–Crippen LogP) is 3.49. The summed E-state index contributed by atoms with van der Waals surface area (Å²) in [6, 6.07) is 19.2. The number of fused-ring (bicyclic) bond motifs is 1. The SMILES string of the molecule is CN(C(=O)c1ccccc1)c1ccc2c(c1)nc(NC(=O)c1cc(-c3ccncc3)no1)n2CCC(N)=O. The number of benzene rings is 2. The van der Waals surface area contributed by atoms with Crippen LogP contribution in [0.15, 0.2) is 83.6 Å². The van der Waals surface area contributed by atoms with Crippen LogP contribution < -0.4 is 16.0 Å². The van der Waals surface area contributed by atoms with E-state index in [-0.39, 0.29) is 30.6 Å². The van der Waals surface area contributed by atoms with Crippen LogP contribution in [0.3, 0.4) is 0 Å². The highest BCUT2D eigenvalue weighted by Gasteiger charge is 2.20. The van der Waals surface area contributed by atoms with Crippen LogP contribution in [0, 0.1) is 0 Å². The van der Waals surface area contributed by atoms with Crippen molar-refractivity contribution in [3.8, 4) is 11.3 Å². The van der Waals surface area contributed by atoms with Crippen molar-refractivity contribution in [3.63, 3.8) is 0 Å². The summed E-state index contributed by atoms with van der Waals surface area (Å²) < 4.78 is 6.93. The Hall–Kier alpha value is -5.32. The van der Waals surface area contributed by atoms with Crippen molar-refractivity contribution in [2.45, 2.75) is 13.0 Å². The average Bonchev–Trinajstić information content (AvgIpc) is 3.57. The van der Waals surface area contributed by atoms with Gasteiger partial charge >= 0.3 is 0 Å². The Morgan fingerprint density at radius 3 is 2.53 bits per heavy atom. The first kappa shape index (κ1) is 24.4. The molecule has 11 heteroatoms. The maximum atomic E-state index is 13.0. The predicted molar refractivity (Wildman–Crippen MR) is 140 cm³/mol. The molecule has 3 amide bonds. The number of nitrogens with one attached hydrogen (secondary N) is 1. The molecule has 0 aliphatic rings. The highest BCUT2D eigenvalue weighted by atomic mass is 16.5. The van der Waals surface area contributed by atoms with Gasteiger partial charge in [-0.25, -0.2) is 4.98 Å². The molecule has 0 aliphatic heterocycles. The third-order valence-electron chi connectivity index (χ3n) is 5.96. The van der Waals surface area contributed by atoms with E-state index >= 15 is 0 Å². The van der Waals surface area contributed by atoms with Gasteiger partial charge in [0, 0.05) is 55.3 Å². The summed E-state index contributed by atoms with van der Waals surface area (Å²) in [6.07, 6.45) is 3.27. The van der Waals surface area contributed by atoms with Crippen molar-refractivity contribution in [1.82, 2.24) is 19.7 Å². The molecule has 0 bridgehead atoms. The fraction of sp³-hybridized carbons (Fsp3) is 0.111. The summed E-state index contributed by atoms with van der Waals surface area (Å²) >= 11 is 0. The molecule has 0 radical (unpaired) electrons. The molecule has 5 rings (SSSR count). The fourth-order valence-corrected chi connectivity index (χ4v) is 3.97. The van der Waals surface area contributed by atoms with Crippen LogP contribution in [-0.4, -0.2) is 44.5 Å². The Balaban J connectivity index is 1.44. The molecule has 3 N–H and O–H groups in total. The summed E-state index contributed by atoms with van der Waals surface area (Å²) in [6.45, 7) is 0.193. The zero-order chi connectivity index (χ0) is 26.6. The molecule has 5 aromatic rings. The number of anilines is 2. The fourth-order valence-electron chi connectivity index (χ4n) is 3.97. The van der Waals surface area contributed by atoms with Crippen molar-refractivity contribution in [2.24, 2.45) is 5.73 Å². The Morgan fingerprint density at radius 1 is 1.03 bits per heavy atom. The molecule has 0 saturated carbocycles. The first-order valence-electron chi connectivity index (χ1n) is 11.7. The van der Waals surface area contributed by atoms with Crippen LogP contribution in [0.4, 0.5) is 11.6 Å². The van der Waals surface area contributed by atoms with Gasteiger partial charge in [0.1, 0.15) is 5.69 Å². The number of pyridine rings is 1. The molecule has 3 aromatic heterocycles.